The number of alkyl halides is 1. The number of nitrogens with one attached hydrogen (secondary N) is 1. The van der Waals surface area contributed by atoms with Crippen LogP contribution in [0.4, 0.5) is 4.39 Å². The van der Waals surface area contributed by atoms with E-state index in [0.29, 0.717) is 0 Å². The van der Waals surface area contributed by atoms with Gasteiger partial charge in [0, 0.05) is 0 Å². The molecule has 1 aliphatic heterocycles. The molecule has 0 spiro atoms. The lowest BCUT2D eigenvalue weighted by molar-refractivity contribution is 0.221. The first-order valence-electron chi connectivity index (χ1n) is 6.96. The van der Waals surface area contributed by atoms with Gasteiger partial charge in [0.25, 0.3) is 0 Å². The first-order valence-corrected chi connectivity index (χ1v) is 6.96. The van der Waals surface area contributed by atoms with E-state index in [1.165, 1.54) is 24.0 Å². The first-order chi connectivity index (χ1) is 8.47. The van der Waals surface area contributed by atoms with E-state index in [9.17, 15) is 4.39 Å². The van der Waals surface area contributed by atoms with E-state index in [-0.39, 0.29) is 0 Å². The highest BCUT2D eigenvalue weighted by Crippen LogP contribution is 2.28. The highest BCUT2D eigenvalue weighted by molar-refractivity contribution is 5.34. The second kappa shape index (κ2) is 5.40. The molecule has 1 saturated heterocycles. The number of hydrogen-bond acceptors (Lipinski definition) is 1. The highest BCUT2D eigenvalue weighted by atomic mass is 19.1. The topological polar surface area (TPSA) is 12.0 Å². The van der Waals surface area contributed by atoms with Gasteiger partial charge in [-0.3, -0.25) is 0 Å². The number of aryl methyl sites for hydroxylation is 1. The van der Waals surface area contributed by atoms with Crippen molar-refractivity contribution in [2.24, 2.45) is 5.92 Å². The predicted molar refractivity (Wildman–Crippen MR) is 74.6 cm³/mol. The largest absolute Gasteiger partial charge is 0.317 e. The third kappa shape index (κ3) is 3.32. The van der Waals surface area contributed by atoms with Crippen LogP contribution in [0.2, 0.25) is 0 Å². The van der Waals surface area contributed by atoms with Gasteiger partial charge >= 0.3 is 0 Å². The van der Waals surface area contributed by atoms with Gasteiger partial charge in [-0.25, -0.2) is 4.39 Å². The molecule has 1 aliphatic rings. The lowest BCUT2D eigenvalue weighted by Gasteiger charge is -2.24. The molecule has 0 radical (unpaired) electrons. The molecule has 100 valence electrons. The average molecular weight is 249 g/mol. The summed E-state index contributed by atoms with van der Waals surface area (Å²) >= 11 is 0. The monoisotopic (exact) mass is 249 g/mol. The maximum Gasteiger partial charge on any atom is 0.130 e. The van der Waals surface area contributed by atoms with Crippen molar-refractivity contribution in [3.05, 3.63) is 34.9 Å². The van der Waals surface area contributed by atoms with Crippen LogP contribution in [0, 0.1) is 12.8 Å². The number of benzene rings is 1. The Morgan fingerprint density at radius 3 is 2.56 bits per heavy atom. The Balaban J connectivity index is 2.15. The van der Waals surface area contributed by atoms with Crippen molar-refractivity contribution in [2.45, 2.75) is 45.7 Å². The minimum atomic E-state index is -1.24. The van der Waals surface area contributed by atoms with E-state index in [0.717, 1.165) is 31.0 Å². The van der Waals surface area contributed by atoms with Crippen LogP contribution >= 0.6 is 0 Å². The summed E-state index contributed by atoms with van der Waals surface area (Å²) in [4.78, 5) is 0. The quantitative estimate of drug-likeness (QED) is 0.860. The Hall–Kier alpha value is -0.890. The smallest absolute Gasteiger partial charge is 0.130 e. The molecule has 1 aromatic carbocycles. The van der Waals surface area contributed by atoms with Crippen LogP contribution in [-0.2, 0) is 12.1 Å². The van der Waals surface area contributed by atoms with Gasteiger partial charge in [0.15, 0.2) is 0 Å². The third-order valence-corrected chi connectivity index (χ3v) is 4.00. The van der Waals surface area contributed by atoms with E-state index in [2.05, 4.69) is 24.4 Å². The second-order valence-corrected chi connectivity index (χ2v) is 6.01. The molecule has 0 aliphatic carbocycles. The van der Waals surface area contributed by atoms with E-state index >= 15 is 0 Å². The van der Waals surface area contributed by atoms with Crippen molar-refractivity contribution in [3.63, 3.8) is 0 Å². The van der Waals surface area contributed by atoms with Crippen LogP contribution in [0.3, 0.4) is 0 Å². The molecule has 0 unspecified atom stereocenters. The number of halogens is 1. The van der Waals surface area contributed by atoms with Gasteiger partial charge in [0.05, 0.1) is 0 Å². The van der Waals surface area contributed by atoms with Crippen LogP contribution in [0.15, 0.2) is 18.2 Å². The van der Waals surface area contributed by atoms with Crippen LogP contribution in [0.5, 0.6) is 0 Å². The number of piperidine rings is 1. The molecule has 2 heteroatoms. The Labute approximate surface area is 110 Å². The van der Waals surface area contributed by atoms with E-state index in [1.807, 2.05) is 6.07 Å². The summed E-state index contributed by atoms with van der Waals surface area (Å²) in [5.74, 6) is 0.753. The molecule has 1 fully saturated rings. The van der Waals surface area contributed by atoms with Crippen LogP contribution in [0.25, 0.3) is 0 Å². The number of rotatable bonds is 3. The Kier molecular flexibility index (Phi) is 4.06. The maximum atomic E-state index is 14.0. The zero-order chi connectivity index (χ0) is 13.2. The molecule has 0 saturated carbocycles. The van der Waals surface area contributed by atoms with Gasteiger partial charge in [-0.15, -0.1) is 0 Å². The minimum absolute atomic E-state index is 0.753. The van der Waals surface area contributed by atoms with E-state index in [4.69, 9.17) is 0 Å². The molecule has 1 nitrogen and oxygen atoms in total. The summed E-state index contributed by atoms with van der Waals surface area (Å²) in [5, 5.41) is 3.39. The fourth-order valence-electron chi connectivity index (χ4n) is 2.66. The summed E-state index contributed by atoms with van der Waals surface area (Å²) in [6.07, 6.45) is 3.57. The standard InChI is InChI=1S/C16H24FN/c1-12-4-5-15(16(2,3)17)11-14(12)10-13-6-8-18-9-7-13/h4-5,11,13,18H,6-10H2,1-3H3. The van der Waals surface area contributed by atoms with Gasteiger partial charge < -0.3 is 5.32 Å². The second-order valence-electron chi connectivity index (χ2n) is 6.01. The predicted octanol–water partition coefficient (Wildman–Crippen LogP) is 3.74. The van der Waals surface area contributed by atoms with Crippen molar-refractivity contribution in [3.8, 4) is 0 Å². The fourth-order valence-corrected chi connectivity index (χ4v) is 2.66. The molecule has 1 heterocycles. The van der Waals surface area contributed by atoms with Gasteiger partial charge in [-0.1, -0.05) is 18.2 Å². The SMILES string of the molecule is Cc1ccc(C(C)(C)F)cc1CC1CCNCC1. The van der Waals surface area contributed by atoms with Crippen molar-refractivity contribution >= 4 is 0 Å². The molecule has 2 rings (SSSR count). The zero-order valence-corrected chi connectivity index (χ0v) is 11.7. The van der Waals surface area contributed by atoms with E-state index in [1.54, 1.807) is 13.8 Å². The highest BCUT2D eigenvalue weighted by Gasteiger charge is 2.21. The summed E-state index contributed by atoms with van der Waals surface area (Å²) in [6, 6.07) is 6.05. The zero-order valence-electron chi connectivity index (χ0n) is 11.7. The van der Waals surface area contributed by atoms with Crippen molar-refractivity contribution in [2.75, 3.05) is 13.1 Å². The van der Waals surface area contributed by atoms with Crippen LogP contribution < -0.4 is 5.32 Å². The lowest BCUT2D eigenvalue weighted by Crippen LogP contribution is -2.28. The van der Waals surface area contributed by atoms with Gasteiger partial charge in [0.1, 0.15) is 5.67 Å². The van der Waals surface area contributed by atoms with Crippen molar-refractivity contribution in [1.29, 1.82) is 0 Å². The molecule has 0 atom stereocenters. The Morgan fingerprint density at radius 1 is 1.28 bits per heavy atom. The summed E-state index contributed by atoms with van der Waals surface area (Å²) in [5.41, 5.74) is 2.18. The molecule has 0 amide bonds. The van der Waals surface area contributed by atoms with Gasteiger partial charge in [0.2, 0.25) is 0 Å². The first kappa shape index (κ1) is 13.5. The van der Waals surface area contributed by atoms with Crippen LogP contribution in [-0.4, -0.2) is 13.1 Å². The Bertz CT molecular complexity index is 400. The van der Waals surface area contributed by atoms with E-state index < -0.39 is 5.67 Å². The minimum Gasteiger partial charge on any atom is -0.317 e. The molecule has 18 heavy (non-hydrogen) atoms. The molecule has 1 N–H and O–H groups in total. The third-order valence-electron chi connectivity index (χ3n) is 4.00. The molecular formula is C16H24FN. The normalized spacial score (nSPS) is 18.0. The van der Waals surface area contributed by atoms with Crippen LogP contribution in [0.1, 0.15) is 43.4 Å². The lowest BCUT2D eigenvalue weighted by atomic mass is 9.87. The summed E-state index contributed by atoms with van der Waals surface area (Å²) < 4.78 is 14.0. The molecule has 1 aromatic rings. The van der Waals surface area contributed by atoms with Gasteiger partial charge in [-0.05, 0) is 75.7 Å². The van der Waals surface area contributed by atoms with Gasteiger partial charge in [-0.2, -0.15) is 0 Å². The maximum absolute atomic E-state index is 14.0. The fraction of sp³-hybridized carbons (Fsp3) is 0.625. The summed E-state index contributed by atoms with van der Waals surface area (Å²) in [7, 11) is 0. The Morgan fingerprint density at radius 2 is 1.94 bits per heavy atom. The average Bonchev–Trinajstić information content (AvgIpc) is 2.32. The molecule has 0 bridgehead atoms. The molecule has 0 aromatic heterocycles. The summed E-state index contributed by atoms with van der Waals surface area (Å²) in [6.45, 7) is 7.64. The van der Waals surface area contributed by atoms with Crippen molar-refractivity contribution < 1.29 is 4.39 Å². The number of hydrogen-bond donors (Lipinski definition) is 1. The van der Waals surface area contributed by atoms with Crippen molar-refractivity contribution in [1.82, 2.24) is 5.32 Å². The molecular weight excluding hydrogens is 225 g/mol.